The molecule has 8 heteroatoms. The number of fused-ring (bicyclic) bond motifs is 1. The van der Waals surface area contributed by atoms with E-state index in [1.165, 1.54) is 17.5 Å². The first-order chi connectivity index (χ1) is 10.8. The third-order valence-electron chi connectivity index (χ3n) is 3.70. The fraction of sp³-hybridized carbons (Fsp3) is 0.200. The van der Waals surface area contributed by atoms with Crippen LogP contribution in [0.25, 0.3) is 16.8 Å². The lowest BCUT2D eigenvalue weighted by atomic mass is 10.1. The van der Waals surface area contributed by atoms with Gasteiger partial charge in [0.25, 0.3) is 0 Å². The van der Waals surface area contributed by atoms with E-state index >= 15 is 0 Å². The van der Waals surface area contributed by atoms with Crippen LogP contribution in [0, 0.1) is 6.92 Å². The Hall–Kier alpha value is -2.61. The molecule has 0 aliphatic carbocycles. The minimum atomic E-state index is -3.41. The van der Waals surface area contributed by atoms with Crippen LogP contribution in [0.5, 0.6) is 0 Å². The number of H-pyrrole nitrogens is 1. The molecule has 0 saturated heterocycles. The van der Waals surface area contributed by atoms with E-state index < -0.39 is 15.7 Å². The molecule has 0 atom stereocenters. The van der Waals surface area contributed by atoms with Gasteiger partial charge in [0.2, 0.25) is 10.0 Å². The summed E-state index contributed by atoms with van der Waals surface area (Å²) in [6, 6.07) is 9.16. The molecule has 2 aromatic heterocycles. The first-order valence-corrected chi connectivity index (χ1v) is 8.74. The molecule has 23 heavy (non-hydrogen) atoms. The minimum Gasteiger partial charge on any atom is -0.273 e. The summed E-state index contributed by atoms with van der Waals surface area (Å²) >= 11 is 0. The van der Waals surface area contributed by atoms with Crippen molar-refractivity contribution >= 4 is 21.2 Å². The monoisotopic (exact) mass is 332 g/mol. The van der Waals surface area contributed by atoms with Gasteiger partial charge in [0.15, 0.2) is 0 Å². The summed E-state index contributed by atoms with van der Waals surface area (Å²) < 4.78 is 26.7. The molecule has 0 aliphatic rings. The van der Waals surface area contributed by atoms with Gasteiger partial charge in [-0.05, 0) is 30.7 Å². The van der Waals surface area contributed by atoms with Gasteiger partial charge in [-0.25, -0.2) is 18.3 Å². The summed E-state index contributed by atoms with van der Waals surface area (Å²) in [4.78, 5) is 15.2. The molecule has 3 rings (SSSR count). The Kier molecular flexibility index (Phi) is 3.48. The largest absolute Gasteiger partial charge is 0.360 e. The van der Waals surface area contributed by atoms with Crippen molar-refractivity contribution in [1.29, 1.82) is 0 Å². The zero-order chi connectivity index (χ0) is 16.8. The standard InChI is InChI=1S/C15H16N4O3S/c1-10-4-6-12(14(8-10)18(2)23(3,21)22)13-7-5-11-9-16-15(20)17-19(11)13/h4-9H,1-3H3,(H,17,20). The van der Waals surface area contributed by atoms with Crippen molar-refractivity contribution in [3.63, 3.8) is 0 Å². The zero-order valence-corrected chi connectivity index (χ0v) is 13.8. The van der Waals surface area contributed by atoms with Gasteiger partial charge in [-0.2, -0.15) is 4.98 Å². The van der Waals surface area contributed by atoms with E-state index in [0.717, 1.165) is 11.8 Å². The molecule has 0 aliphatic heterocycles. The maximum absolute atomic E-state index is 11.9. The van der Waals surface area contributed by atoms with Crippen LogP contribution >= 0.6 is 0 Å². The van der Waals surface area contributed by atoms with E-state index in [1.807, 2.05) is 31.2 Å². The van der Waals surface area contributed by atoms with Crippen LogP contribution in [0.2, 0.25) is 0 Å². The van der Waals surface area contributed by atoms with E-state index in [1.54, 1.807) is 10.6 Å². The second kappa shape index (κ2) is 5.24. The average molecular weight is 332 g/mol. The van der Waals surface area contributed by atoms with E-state index in [-0.39, 0.29) is 0 Å². The van der Waals surface area contributed by atoms with E-state index in [2.05, 4.69) is 10.1 Å². The van der Waals surface area contributed by atoms with Crippen molar-refractivity contribution in [2.45, 2.75) is 6.92 Å². The van der Waals surface area contributed by atoms with Crippen molar-refractivity contribution in [1.82, 2.24) is 14.6 Å². The Balaban J connectivity index is 2.31. The van der Waals surface area contributed by atoms with Crippen LogP contribution in [0.3, 0.4) is 0 Å². The lowest BCUT2D eigenvalue weighted by molar-refractivity contribution is 0.600. The van der Waals surface area contributed by atoms with Crippen LogP contribution in [-0.4, -0.2) is 36.3 Å². The summed E-state index contributed by atoms with van der Waals surface area (Å²) in [5.74, 6) is 0. The molecule has 1 N–H and O–H groups in total. The Bertz CT molecular complexity index is 1050. The molecule has 0 fully saturated rings. The Morgan fingerprint density at radius 3 is 2.65 bits per heavy atom. The van der Waals surface area contributed by atoms with Gasteiger partial charge < -0.3 is 0 Å². The number of hydrogen-bond acceptors (Lipinski definition) is 4. The lowest BCUT2D eigenvalue weighted by Gasteiger charge is -2.21. The highest BCUT2D eigenvalue weighted by Gasteiger charge is 2.19. The number of hydrogen-bond donors (Lipinski definition) is 1. The van der Waals surface area contributed by atoms with Gasteiger partial charge in [0.05, 0.1) is 29.4 Å². The summed E-state index contributed by atoms with van der Waals surface area (Å²) in [6.07, 6.45) is 2.62. The van der Waals surface area contributed by atoms with E-state index in [0.29, 0.717) is 22.5 Å². The minimum absolute atomic E-state index is 0.472. The molecular formula is C15H16N4O3S. The number of nitrogens with zero attached hydrogens (tertiary/aromatic N) is 3. The van der Waals surface area contributed by atoms with Crippen molar-refractivity contribution < 1.29 is 8.42 Å². The molecule has 3 aromatic rings. The van der Waals surface area contributed by atoms with Crippen LogP contribution in [0.15, 0.2) is 41.3 Å². The van der Waals surface area contributed by atoms with Gasteiger partial charge in [-0.3, -0.25) is 8.82 Å². The number of aryl methyl sites for hydroxylation is 1. The Morgan fingerprint density at radius 1 is 1.22 bits per heavy atom. The highest BCUT2D eigenvalue weighted by atomic mass is 32.2. The summed E-state index contributed by atoms with van der Waals surface area (Å²) in [5, 5.41) is 2.64. The molecule has 0 amide bonds. The van der Waals surface area contributed by atoms with Crippen LogP contribution in [0.4, 0.5) is 5.69 Å². The second-order valence-electron chi connectivity index (χ2n) is 5.41. The Labute approximate surface area is 133 Å². The quantitative estimate of drug-likeness (QED) is 0.785. The maximum Gasteiger partial charge on any atom is 0.360 e. The Morgan fingerprint density at radius 2 is 1.96 bits per heavy atom. The SMILES string of the molecule is Cc1ccc(-c2ccc3cnc(=O)[nH]n23)c(N(C)S(C)(=O)=O)c1. The van der Waals surface area contributed by atoms with Gasteiger partial charge in [0.1, 0.15) is 0 Å². The average Bonchev–Trinajstić information content (AvgIpc) is 2.88. The van der Waals surface area contributed by atoms with Gasteiger partial charge in [-0.1, -0.05) is 12.1 Å². The predicted molar refractivity (Wildman–Crippen MR) is 89.2 cm³/mol. The molecule has 0 spiro atoms. The fourth-order valence-corrected chi connectivity index (χ4v) is 2.94. The van der Waals surface area contributed by atoms with Gasteiger partial charge in [0, 0.05) is 12.6 Å². The highest BCUT2D eigenvalue weighted by molar-refractivity contribution is 7.92. The zero-order valence-electron chi connectivity index (χ0n) is 12.9. The third-order valence-corrected chi connectivity index (χ3v) is 4.89. The summed E-state index contributed by atoms with van der Waals surface area (Å²) in [5.41, 5.74) is 3.11. The van der Waals surface area contributed by atoms with Crippen molar-refractivity contribution in [3.8, 4) is 11.3 Å². The number of benzene rings is 1. The highest BCUT2D eigenvalue weighted by Crippen LogP contribution is 2.32. The number of aromatic amines is 1. The molecule has 1 aromatic carbocycles. The predicted octanol–water partition coefficient (Wildman–Crippen LogP) is 1.39. The molecule has 120 valence electrons. The first kappa shape index (κ1) is 15.3. The van der Waals surface area contributed by atoms with Crippen molar-refractivity contribution in [3.05, 3.63) is 52.6 Å². The third kappa shape index (κ3) is 2.72. The summed E-state index contributed by atoms with van der Waals surface area (Å²) in [6.45, 7) is 1.89. The number of anilines is 1. The molecule has 2 heterocycles. The molecular weight excluding hydrogens is 316 g/mol. The number of rotatable bonds is 3. The van der Waals surface area contributed by atoms with Crippen LogP contribution in [0.1, 0.15) is 5.56 Å². The molecule has 0 unspecified atom stereocenters. The molecule has 0 radical (unpaired) electrons. The van der Waals surface area contributed by atoms with E-state index in [9.17, 15) is 13.2 Å². The fourth-order valence-electron chi connectivity index (χ4n) is 2.43. The van der Waals surface area contributed by atoms with Crippen molar-refractivity contribution in [2.75, 3.05) is 17.6 Å². The second-order valence-corrected chi connectivity index (χ2v) is 7.42. The summed E-state index contributed by atoms with van der Waals surface area (Å²) in [7, 11) is -1.90. The first-order valence-electron chi connectivity index (χ1n) is 6.89. The molecule has 0 saturated carbocycles. The molecule has 7 nitrogen and oxygen atoms in total. The molecule has 0 bridgehead atoms. The maximum atomic E-state index is 11.9. The van der Waals surface area contributed by atoms with Crippen molar-refractivity contribution in [2.24, 2.45) is 0 Å². The normalized spacial score (nSPS) is 11.8. The van der Waals surface area contributed by atoms with E-state index in [4.69, 9.17) is 0 Å². The lowest BCUT2D eigenvalue weighted by Crippen LogP contribution is -2.25. The van der Waals surface area contributed by atoms with Gasteiger partial charge in [-0.15, -0.1) is 0 Å². The van der Waals surface area contributed by atoms with Crippen LogP contribution in [-0.2, 0) is 10.0 Å². The smallest absolute Gasteiger partial charge is 0.273 e. The number of aromatic nitrogens is 3. The van der Waals surface area contributed by atoms with Gasteiger partial charge >= 0.3 is 5.69 Å². The van der Waals surface area contributed by atoms with Crippen LogP contribution < -0.4 is 9.99 Å². The topological polar surface area (TPSA) is 87.5 Å². The number of sulfonamides is 1. The number of nitrogens with one attached hydrogen (secondary N) is 1.